The Morgan fingerprint density at radius 1 is 0.310 bits per heavy atom. The molecule has 0 fully saturated rings. The molecule has 3 N–H and O–H groups in total. The minimum atomic E-state index is -0.662. The summed E-state index contributed by atoms with van der Waals surface area (Å²) in [4.78, 5) is 24.6. The van der Waals surface area contributed by atoms with Crippen LogP contribution in [0.25, 0.3) is 0 Å². The molecule has 1 amide bonds. The van der Waals surface area contributed by atoms with E-state index in [4.69, 9.17) is 4.74 Å². The van der Waals surface area contributed by atoms with Gasteiger partial charge < -0.3 is 20.3 Å². The lowest BCUT2D eigenvalue weighted by atomic mass is 10.0. The lowest BCUT2D eigenvalue weighted by molar-refractivity contribution is -0.143. The van der Waals surface area contributed by atoms with Gasteiger partial charge in [0, 0.05) is 12.8 Å². The first-order valence-electron chi connectivity index (χ1n) is 40.4. The Hall–Kier alpha value is -1.40. The largest absolute Gasteiger partial charge is 0.466 e. The summed E-state index contributed by atoms with van der Waals surface area (Å²) in [6.45, 7) is 5.01. The van der Waals surface area contributed by atoms with Gasteiger partial charge in [0.2, 0.25) is 5.91 Å². The Kier molecular flexibility index (Phi) is 75.8. The van der Waals surface area contributed by atoms with Gasteiger partial charge in [-0.2, -0.15) is 0 Å². The molecule has 0 aliphatic heterocycles. The minimum absolute atomic E-state index is 0.0222. The molecular weight excluding hydrogens is 1070 g/mol. The van der Waals surface area contributed by atoms with E-state index in [9.17, 15) is 19.8 Å². The molecule has 2 atom stereocenters. The van der Waals surface area contributed by atoms with Crippen molar-refractivity contribution in [2.24, 2.45) is 0 Å². The van der Waals surface area contributed by atoms with Gasteiger partial charge in [0.05, 0.1) is 25.4 Å². The normalized spacial score (nSPS) is 12.5. The number of ether oxygens (including phenoxy) is 1. The molecule has 0 bridgehead atoms. The first-order valence-corrected chi connectivity index (χ1v) is 40.4. The van der Waals surface area contributed by atoms with Crippen LogP contribution < -0.4 is 5.32 Å². The highest BCUT2D eigenvalue weighted by molar-refractivity contribution is 5.76. The second-order valence-electron chi connectivity index (χ2n) is 28.1. The molecule has 0 aliphatic carbocycles. The summed E-state index contributed by atoms with van der Waals surface area (Å²) in [6.07, 6.45) is 97.5. The van der Waals surface area contributed by atoms with E-state index in [0.717, 1.165) is 38.5 Å². The van der Waals surface area contributed by atoms with Crippen molar-refractivity contribution in [1.82, 2.24) is 5.32 Å². The SMILES string of the molecule is CCCCCCCCCCCCCCCCCCCCCCCCC(O)C(CO)NC(=O)CCCCCCCCCCCCCCCCCCC/C=C\CCCCCCCCCCCCCCCCCCOC(=O)CCCCCCCCCCCCC. The molecule has 0 saturated carbocycles. The van der Waals surface area contributed by atoms with Gasteiger partial charge in [0.25, 0.3) is 0 Å². The van der Waals surface area contributed by atoms with Crippen LogP contribution in [0.2, 0.25) is 0 Å². The lowest BCUT2D eigenvalue weighted by Gasteiger charge is -2.22. The number of unbranched alkanes of at least 4 members (excludes halogenated alkanes) is 64. The molecule has 0 heterocycles. The average molecular weight is 1230 g/mol. The zero-order valence-electron chi connectivity index (χ0n) is 59.5. The topological polar surface area (TPSA) is 95.9 Å². The Labute approximate surface area is 546 Å². The van der Waals surface area contributed by atoms with Crippen LogP contribution in [-0.2, 0) is 14.3 Å². The minimum Gasteiger partial charge on any atom is -0.466 e. The number of hydrogen-bond donors (Lipinski definition) is 3. The first-order chi connectivity index (χ1) is 43.0. The maximum absolute atomic E-state index is 12.6. The number of allylic oxidation sites excluding steroid dienone is 2. The Balaban J connectivity index is 3.33. The highest BCUT2D eigenvalue weighted by Gasteiger charge is 2.20. The molecule has 518 valence electrons. The number of nitrogens with one attached hydrogen (secondary N) is 1. The molecular formula is C81H159NO5. The lowest BCUT2D eigenvalue weighted by Crippen LogP contribution is -2.45. The predicted molar refractivity (Wildman–Crippen MR) is 384 cm³/mol. The van der Waals surface area contributed by atoms with Crippen LogP contribution in [0.15, 0.2) is 12.2 Å². The van der Waals surface area contributed by atoms with Crippen LogP contribution in [0.5, 0.6) is 0 Å². The van der Waals surface area contributed by atoms with Crippen molar-refractivity contribution >= 4 is 11.9 Å². The van der Waals surface area contributed by atoms with Crippen molar-refractivity contribution in [1.29, 1.82) is 0 Å². The Morgan fingerprint density at radius 3 is 0.816 bits per heavy atom. The standard InChI is InChI=1S/C81H159NO5/c1-3-5-7-9-11-13-15-16-17-18-19-20-38-41-44-47-50-54-57-61-65-69-73-79(84)78(77-83)82-80(85)74-70-66-62-58-55-51-48-45-42-39-36-34-32-30-28-26-24-22-21-23-25-27-29-31-33-35-37-40-43-46-49-52-56-60-64-68-72-76-87-81(86)75-71-67-63-59-53-14-12-10-8-6-4-2/h21,23,78-79,83-84H,3-20,22,24-77H2,1-2H3,(H,82,85)/b23-21-. The monoisotopic (exact) mass is 1230 g/mol. The summed E-state index contributed by atoms with van der Waals surface area (Å²) in [5, 5.41) is 23.5. The molecule has 0 saturated heterocycles. The molecule has 0 aromatic rings. The molecule has 6 nitrogen and oxygen atoms in total. The molecule has 0 aliphatic rings. The molecule has 0 rings (SSSR count). The molecule has 0 spiro atoms. The van der Waals surface area contributed by atoms with Gasteiger partial charge in [-0.15, -0.1) is 0 Å². The number of hydrogen-bond acceptors (Lipinski definition) is 5. The van der Waals surface area contributed by atoms with Crippen molar-refractivity contribution in [3.05, 3.63) is 12.2 Å². The van der Waals surface area contributed by atoms with Gasteiger partial charge >= 0.3 is 5.97 Å². The summed E-state index contributed by atoms with van der Waals surface area (Å²) in [5.74, 6) is -0.00276. The van der Waals surface area contributed by atoms with Crippen molar-refractivity contribution in [2.75, 3.05) is 13.2 Å². The van der Waals surface area contributed by atoms with Crippen molar-refractivity contribution in [2.45, 2.75) is 482 Å². The first kappa shape index (κ1) is 85.6. The van der Waals surface area contributed by atoms with Gasteiger partial charge in [0.15, 0.2) is 0 Å². The van der Waals surface area contributed by atoms with Gasteiger partial charge in [-0.05, 0) is 51.4 Å². The summed E-state index contributed by atoms with van der Waals surface area (Å²) in [7, 11) is 0. The number of carbonyl (C=O) groups excluding carboxylic acids is 2. The number of carbonyl (C=O) groups is 2. The van der Waals surface area contributed by atoms with E-state index in [-0.39, 0.29) is 18.5 Å². The second-order valence-corrected chi connectivity index (χ2v) is 28.1. The van der Waals surface area contributed by atoms with Gasteiger partial charge in [-0.1, -0.05) is 418 Å². The average Bonchev–Trinajstić information content (AvgIpc) is 3.52. The van der Waals surface area contributed by atoms with E-state index in [2.05, 4.69) is 31.3 Å². The zero-order chi connectivity index (χ0) is 62.8. The van der Waals surface area contributed by atoms with E-state index < -0.39 is 12.1 Å². The van der Waals surface area contributed by atoms with Gasteiger partial charge in [0.1, 0.15) is 0 Å². The van der Waals surface area contributed by atoms with E-state index in [1.165, 1.54) is 398 Å². The molecule has 2 unspecified atom stereocenters. The fourth-order valence-electron chi connectivity index (χ4n) is 13.2. The number of amides is 1. The number of aliphatic hydroxyl groups is 2. The molecule has 0 radical (unpaired) electrons. The smallest absolute Gasteiger partial charge is 0.305 e. The molecule has 6 heteroatoms. The van der Waals surface area contributed by atoms with Crippen LogP contribution in [0.4, 0.5) is 0 Å². The summed E-state index contributed by atoms with van der Waals surface area (Å²) in [6, 6.07) is -0.539. The van der Waals surface area contributed by atoms with Crippen molar-refractivity contribution in [3.8, 4) is 0 Å². The van der Waals surface area contributed by atoms with Gasteiger partial charge in [-0.25, -0.2) is 0 Å². The van der Waals surface area contributed by atoms with Crippen molar-refractivity contribution in [3.63, 3.8) is 0 Å². The fraction of sp³-hybridized carbons (Fsp3) is 0.951. The molecule has 0 aromatic carbocycles. The summed E-state index contributed by atoms with van der Waals surface area (Å²) in [5.41, 5.74) is 0. The van der Waals surface area contributed by atoms with Crippen LogP contribution in [0.1, 0.15) is 470 Å². The number of rotatable bonds is 77. The highest BCUT2D eigenvalue weighted by Crippen LogP contribution is 2.20. The third-order valence-electron chi connectivity index (χ3n) is 19.3. The van der Waals surface area contributed by atoms with E-state index >= 15 is 0 Å². The summed E-state index contributed by atoms with van der Waals surface area (Å²) >= 11 is 0. The maximum Gasteiger partial charge on any atom is 0.305 e. The third kappa shape index (κ3) is 73.5. The second kappa shape index (κ2) is 77.1. The Morgan fingerprint density at radius 2 is 0.540 bits per heavy atom. The van der Waals surface area contributed by atoms with E-state index in [1.54, 1.807) is 0 Å². The quantitative estimate of drug-likeness (QED) is 0.0320. The highest BCUT2D eigenvalue weighted by atomic mass is 16.5. The van der Waals surface area contributed by atoms with Crippen LogP contribution >= 0.6 is 0 Å². The van der Waals surface area contributed by atoms with E-state index in [0.29, 0.717) is 25.9 Å². The summed E-state index contributed by atoms with van der Waals surface area (Å²) < 4.78 is 5.48. The maximum atomic E-state index is 12.6. The van der Waals surface area contributed by atoms with Crippen LogP contribution in [0.3, 0.4) is 0 Å². The van der Waals surface area contributed by atoms with Crippen LogP contribution in [-0.4, -0.2) is 47.4 Å². The Bertz CT molecular complexity index is 1320. The third-order valence-corrected chi connectivity index (χ3v) is 19.3. The number of aliphatic hydroxyl groups excluding tert-OH is 2. The van der Waals surface area contributed by atoms with Crippen LogP contribution in [0, 0.1) is 0 Å². The zero-order valence-corrected chi connectivity index (χ0v) is 59.5. The predicted octanol–water partition coefficient (Wildman–Crippen LogP) is 26.7. The molecule has 87 heavy (non-hydrogen) atoms. The fourth-order valence-corrected chi connectivity index (χ4v) is 13.2. The van der Waals surface area contributed by atoms with Crippen molar-refractivity contribution < 1.29 is 24.5 Å². The van der Waals surface area contributed by atoms with E-state index in [1.807, 2.05) is 0 Å². The van der Waals surface area contributed by atoms with Gasteiger partial charge in [-0.3, -0.25) is 9.59 Å². The molecule has 0 aromatic heterocycles. The number of esters is 1.